The Morgan fingerprint density at radius 2 is 1.63 bits per heavy atom. The molecule has 0 bridgehead atoms. The molecule has 0 aliphatic carbocycles. The van der Waals surface area contributed by atoms with E-state index in [1.54, 1.807) is 12.1 Å². The van der Waals surface area contributed by atoms with Crippen molar-refractivity contribution in [3.05, 3.63) is 24.0 Å². The molecule has 2 nitrogen and oxygen atoms in total. The molecule has 1 aromatic carbocycles. The largest absolute Gasteiger partial charge is 0.494 e. The van der Waals surface area contributed by atoms with Crippen LogP contribution in [0.2, 0.25) is 0 Å². The van der Waals surface area contributed by atoms with Crippen molar-refractivity contribution >= 4 is 5.69 Å². The lowest BCUT2D eigenvalue weighted by molar-refractivity contribution is 0.304. The number of rotatable bonds is 10. The lowest BCUT2D eigenvalue weighted by atomic mass is 10.1. The van der Waals surface area contributed by atoms with Gasteiger partial charge in [0.2, 0.25) is 0 Å². The predicted octanol–water partition coefficient (Wildman–Crippen LogP) is 4.93. The molecule has 0 radical (unpaired) electrons. The van der Waals surface area contributed by atoms with Crippen LogP contribution in [-0.2, 0) is 0 Å². The standard InChI is InChI=1S/C16H26FNO/c1-2-3-4-5-6-7-8-9-12-19-14-10-11-15(17)16(18)13-14/h10-11,13H,2-9,12,18H2,1H3. The van der Waals surface area contributed by atoms with Crippen molar-refractivity contribution in [2.45, 2.75) is 58.3 Å². The summed E-state index contributed by atoms with van der Waals surface area (Å²) in [7, 11) is 0. The number of nitrogens with two attached hydrogens (primary N) is 1. The SMILES string of the molecule is CCCCCCCCCCOc1ccc(F)c(N)c1. The van der Waals surface area contributed by atoms with Gasteiger partial charge in [-0.3, -0.25) is 0 Å². The van der Waals surface area contributed by atoms with Gasteiger partial charge in [-0.25, -0.2) is 4.39 Å². The van der Waals surface area contributed by atoms with Gasteiger partial charge in [-0.15, -0.1) is 0 Å². The average molecular weight is 267 g/mol. The van der Waals surface area contributed by atoms with Gasteiger partial charge in [0, 0.05) is 6.07 Å². The van der Waals surface area contributed by atoms with E-state index in [1.807, 2.05) is 0 Å². The maximum absolute atomic E-state index is 12.9. The van der Waals surface area contributed by atoms with Gasteiger partial charge < -0.3 is 10.5 Å². The maximum Gasteiger partial charge on any atom is 0.146 e. The number of anilines is 1. The van der Waals surface area contributed by atoms with Gasteiger partial charge in [0.1, 0.15) is 11.6 Å². The number of hydrogen-bond acceptors (Lipinski definition) is 2. The molecule has 1 rings (SSSR count). The molecule has 0 amide bonds. The first-order valence-corrected chi connectivity index (χ1v) is 7.42. The molecule has 0 atom stereocenters. The normalized spacial score (nSPS) is 10.6. The zero-order valence-electron chi connectivity index (χ0n) is 12.0. The third-order valence-electron chi connectivity index (χ3n) is 3.23. The lowest BCUT2D eigenvalue weighted by Crippen LogP contribution is -1.99. The molecule has 0 unspecified atom stereocenters. The zero-order valence-corrected chi connectivity index (χ0v) is 12.0. The van der Waals surface area contributed by atoms with Crippen molar-refractivity contribution in [3.63, 3.8) is 0 Å². The molecule has 0 saturated heterocycles. The van der Waals surface area contributed by atoms with Gasteiger partial charge in [-0.05, 0) is 18.6 Å². The summed E-state index contributed by atoms with van der Waals surface area (Å²) in [6, 6.07) is 4.51. The van der Waals surface area contributed by atoms with Crippen molar-refractivity contribution in [1.29, 1.82) is 0 Å². The minimum Gasteiger partial charge on any atom is -0.494 e. The van der Waals surface area contributed by atoms with E-state index in [0.29, 0.717) is 12.4 Å². The molecular formula is C16H26FNO. The van der Waals surface area contributed by atoms with Crippen LogP contribution >= 0.6 is 0 Å². The monoisotopic (exact) mass is 267 g/mol. The molecule has 0 heterocycles. The van der Waals surface area contributed by atoms with Crippen LogP contribution in [0.3, 0.4) is 0 Å². The minimum atomic E-state index is -0.389. The second kappa shape index (κ2) is 9.65. The van der Waals surface area contributed by atoms with Gasteiger partial charge in [0.15, 0.2) is 0 Å². The summed E-state index contributed by atoms with van der Waals surface area (Å²) >= 11 is 0. The first kappa shape index (κ1) is 15.8. The number of ether oxygens (including phenoxy) is 1. The van der Waals surface area contributed by atoms with E-state index in [2.05, 4.69) is 6.92 Å². The maximum atomic E-state index is 12.9. The van der Waals surface area contributed by atoms with E-state index >= 15 is 0 Å². The molecule has 19 heavy (non-hydrogen) atoms. The summed E-state index contributed by atoms with van der Waals surface area (Å²) in [4.78, 5) is 0. The Morgan fingerprint density at radius 3 is 2.26 bits per heavy atom. The van der Waals surface area contributed by atoms with Crippen LogP contribution in [0.4, 0.5) is 10.1 Å². The molecular weight excluding hydrogens is 241 g/mol. The van der Waals surface area contributed by atoms with E-state index in [0.717, 1.165) is 6.42 Å². The highest BCUT2D eigenvalue weighted by molar-refractivity contribution is 5.45. The molecule has 3 heteroatoms. The molecule has 0 spiro atoms. The van der Waals surface area contributed by atoms with E-state index in [1.165, 1.54) is 51.0 Å². The van der Waals surface area contributed by atoms with E-state index in [4.69, 9.17) is 10.5 Å². The Balaban J connectivity index is 2.00. The Morgan fingerprint density at radius 1 is 1.00 bits per heavy atom. The van der Waals surface area contributed by atoms with Crippen LogP contribution in [-0.4, -0.2) is 6.61 Å². The highest BCUT2D eigenvalue weighted by Crippen LogP contribution is 2.18. The molecule has 108 valence electrons. The van der Waals surface area contributed by atoms with Gasteiger partial charge >= 0.3 is 0 Å². The number of hydrogen-bond donors (Lipinski definition) is 1. The van der Waals surface area contributed by atoms with Crippen molar-refractivity contribution < 1.29 is 9.13 Å². The van der Waals surface area contributed by atoms with Crippen LogP contribution in [0.1, 0.15) is 58.3 Å². The van der Waals surface area contributed by atoms with Gasteiger partial charge in [0.25, 0.3) is 0 Å². The number of unbranched alkanes of at least 4 members (excludes halogenated alkanes) is 7. The van der Waals surface area contributed by atoms with Crippen LogP contribution in [0.5, 0.6) is 5.75 Å². The Labute approximate surface area is 116 Å². The smallest absolute Gasteiger partial charge is 0.146 e. The van der Waals surface area contributed by atoms with E-state index in [-0.39, 0.29) is 11.5 Å². The summed E-state index contributed by atoms with van der Waals surface area (Å²) in [5.74, 6) is 0.265. The topological polar surface area (TPSA) is 35.2 Å². The summed E-state index contributed by atoms with van der Waals surface area (Å²) in [6.45, 7) is 2.92. The highest BCUT2D eigenvalue weighted by Gasteiger charge is 2.00. The summed E-state index contributed by atoms with van der Waals surface area (Å²) in [5, 5.41) is 0. The fourth-order valence-electron chi connectivity index (χ4n) is 2.04. The number of halogens is 1. The second-order valence-electron chi connectivity index (χ2n) is 5.01. The Bertz CT molecular complexity index is 355. The third kappa shape index (κ3) is 7.04. The van der Waals surface area contributed by atoms with E-state index < -0.39 is 0 Å². The molecule has 0 aromatic heterocycles. The minimum absolute atomic E-state index is 0.147. The molecule has 0 saturated carbocycles. The van der Waals surface area contributed by atoms with Crippen LogP contribution < -0.4 is 10.5 Å². The zero-order chi connectivity index (χ0) is 13.9. The van der Waals surface area contributed by atoms with Crippen LogP contribution in [0.15, 0.2) is 18.2 Å². The lowest BCUT2D eigenvalue weighted by Gasteiger charge is -2.07. The average Bonchev–Trinajstić information content (AvgIpc) is 2.41. The van der Waals surface area contributed by atoms with Crippen molar-refractivity contribution in [2.24, 2.45) is 0 Å². The number of benzene rings is 1. The molecule has 1 aromatic rings. The van der Waals surface area contributed by atoms with Crippen molar-refractivity contribution in [3.8, 4) is 5.75 Å². The molecule has 2 N–H and O–H groups in total. The molecule has 0 fully saturated rings. The van der Waals surface area contributed by atoms with Gasteiger partial charge in [-0.1, -0.05) is 51.9 Å². The van der Waals surface area contributed by atoms with Gasteiger partial charge in [-0.2, -0.15) is 0 Å². The van der Waals surface area contributed by atoms with E-state index in [9.17, 15) is 4.39 Å². The van der Waals surface area contributed by atoms with Crippen LogP contribution in [0, 0.1) is 5.82 Å². The summed E-state index contributed by atoms with van der Waals surface area (Å²) in [6.07, 6.45) is 10.2. The first-order valence-electron chi connectivity index (χ1n) is 7.42. The summed E-state index contributed by atoms with van der Waals surface area (Å²) < 4.78 is 18.5. The Kier molecular flexibility index (Phi) is 8.03. The third-order valence-corrected chi connectivity index (χ3v) is 3.23. The van der Waals surface area contributed by atoms with Crippen molar-refractivity contribution in [2.75, 3.05) is 12.3 Å². The van der Waals surface area contributed by atoms with Crippen LogP contribution in [0.25, 0.3) is 0 Å². The number of nitrogen functional groups attached to an aromatic ring is 1. The fourth-order valence-corrected chi connectivity index (χ4v) is 2.04. The summed E-state index contributed by atoms with van der Waals surface area (Å²) in [5.41, 5.74) is 5.62. The highest BCUT2D eigenvalue weighted by atomic mass is 19.1. The Hall–Kier alpha value is -1.25. The predicted molar refractivity (Wildman–Crippen MR) is 78.9 cm³/mol. The first-order chi connectivity index (χ1) is 9.24. The fraction of sp³-hybridized carbons (Fsp3) is 0.625. The second-order valence-corrected chi connectivity index (χ2v) is 5.01. The molecule has 0 aliphatic rings. The molecule has 0 aliphatic heterocycles. The quantitative estimate of drug-likeness (QED) is 0.482. The van der Waals surface area contributed by atoms with Crippen molar-refractivity contribution in [1.82, 2.24) is 0 Å². The van der Waals surface area contributed by atoms with Gasteiger partial charge in [0.05, 0.1) is 12.3 Å².